The number of hydrogen-bond donors (Lipinski definition) is 0. The quantitative estimate of drug-likeness (QED) is 0.227. The largest absolute Gasteiger partial charge is 0.488 e. The summed E-state index contributed by atoms with van der Waals surface area (Å²) in [4.78, 5) is 26.9. The Labute approximate surface area is 206 Å². The summed E-state index contributed by atoms with van der Waals surface area (Å²) in [7, 11) is 0. The van der Waals surface area contributed by atoms with Crippen molar-refractivity contribution in [2.24, 2.45) is 0 Å². The molecule has 1 aliphatic rings. The van der Waals surface area contributed by atoms with Gasteiger partial charge in [-0.25, -0.2) is 0 Å². The molecular formula is C24H17BrINO3S. The normalized spacial score (nSPS) is 15.0. The zero-order valence-corrected chi connectivity index (χ0v) is 20.8. The second kappa shape index (κ2) is 10.0. The van der Waals surface area contributed by atoms with Gasteiger partial charge in [0.2, 0.25) is 0 Å². The SMILES string of the molecule is O=C1S/C(=C\c2ccc(OCc3ccccc3)c(Br)c2)C(=O)N1Cc1ccc(I)cc1. The van der Waals surface area contributed by atoms with Crippen LogP contribution in [0.5, 0.6) is 5.75 Å². The maximum atomic E-state index is 12.8. The van der Waals surface area contributed by atoms with Gasteiger partial charge in [-0.1, -0.05) is 48.5 Å². The Kier molecular flexibility index (Phi) is 7.14. The Bertz CT molecular complexity index is 1150. The van der Waals surface area contributed by atoms with E-state index in [1.54, 1.807) is 6.08 Å². The molecule has 1 aliphatic heterocycles. The molecule has 3 aromatic rings. The third-order valence-electron chi connectivity index (χ3n) is 4.62. The van der Waals surface area contributed by atoms with Crippen LogP contribution in [0.4, 0.5) is 4.79 Å². The van der Waals surface area contributed by atoms with Crippen LogP contribution in [0, 0.1) is 3.57 Å². The van der Waals surface area contributed by atoms with Gasteiger partial charge in [-0.2, -0.15) is 0 Å². The van der Waals surface area contributed by atoms with Gasteiger partial charge in [0, 0.05) is 3.57 Å². The number of amides is 2. The highest BCUT2D eigenvalue weighted by Crippen LogP contribution is 2.35. The monoisotopic (exact) mass is 605 g/mol. The molecule has 4 nitrogen and oxygen atoms in total. The third kappa shape index (κ3) is 5.58. The van der Waals surface area contributed by atoms with Crippen molar-refractivity contribution in [3.63, 3.8) is 0 Å². The maximum absolute atomic E-state index is 12.8. The molecular weight excluding hydrogens is 589 g/mol. The number of halogens is 2. The first kappa shape index (κ1) is 22.1. The number of carbonyl (C=O) groups is 2. The lowest BCUT2D eigenvalue weighted by Gasteiger charge is -2.12. The van der Waals surface area contributed by atoms with E-state index < -0.39 is 0 Å². The Morgan fingerprint density at radius 3 is 2.42 bits per heavy atom. The number of carbonyl (C=O) groups excluding carboxylic acids is 2. The van der Waals surface area contributed by atoms with Crippen molar-refractivity contribution in [2.45, 2.75) is 13.2 Å². The summed E-state index contributed by atoms with van der Waals surface area (Å²) in [6.07, 6.45) is 1.74. The van der Waals surface area contributed by atoms with Crippen molar-refractivity contribution in [3.8, 4) is 5.75 Å². The van der Waals surface area contributed by atoms with Gasteiger partial charge in [-0.3, -0.25) is 14.5 Å². The van der Waals surface area contributed by atoms with Crippen molar-refractivity contribution >= 4 is 67.5 Å². The number of thioether (sulfide) groups is 1. The number of imide groups is 1. The fourth-order valence-electron chi connectivity index (χ4n) is 3.02. The summed E-state index contributed by atoms with van der Waals surface area (Å²) in [6.45, 7) is 0.741. The first-order valence-electron chi connectivity index (χ1n) is 9.46. The molecule has 1 fully saturated rings. The van der Waals surface area contributed by atoms with Crippen LogP contribution in [0.25, 0.3) is 6.08 Å². The summed E-state index contributed by atoms with van der Waals surface area (Å²) >= 11 is 6.73. The Morgan fingerprint density at radius 1 is 0.968 bits per heavy atom. The second-order valence-corrected chi connectivity index (χ2v) is 9.95. The minimum Gasteiger partial charge on any atom is -0.488 e. The van der Waals surface area contributed by atoms with Gasteiger partial charge < -0.3 is 4.74 Å². The molecule has 0 unspecified atom stereocenters. The van der Waals surface area contributed by atoms with E-state index in [1.807, 2.05) is 72.8 Å². The molecule has 0 aliphatic carbocycles. The van der Waals surface area contributed by atoms with Gasteiger partial charge in [-0.15, -0.1) is 0 Å². The van der Waals surface area contributed by atoms with Crippen LogP contribution in [-0.4, -0.2) is 16.0 Å². The molecule has 0 atom stereocenters. The standard InChI is InChI=1S/C24H17BrINO3S/c25-20-12-18(8-11-21(20)30-15-17-4-2-1-3-5-17)13-22-23(28)27(24(29)31-22)14-16-6-9-19(26)10-7-16/h1-13H,14-15H2/b22-13-. The van der Waals surface area contributed by atoms with E-state index in [1.165, 1.54) is 4.90 Å². The minimum atomic E-state index is -0.269. The van der Waals surface area contributed by atoms with Crippen LogP contribution in [-0.2, 0) is 17.9 Å². The molecule has 7 heteroatoms. The predicted octanol–water partition coefficient (Wildman–Crippen LogP) is 6.87. The van der Waals surface area contributed by atoms with E-state index in [2.05, 4.69) is 38.5 Å². The molecule has 1 saturated heterocycles. The molecule has 0 N–H and O–H groups in total. The van der Waals surface area contributed by atoms with Crippen LogP contribution in [0.15, 0.2) is 82.2 Å². The smallest absolute Gasteiger partial charge is 0.293 e. The Balaban J connectivity index is 1.45. The summed E-state index contributed by atoms with van der Waals surface area (Å²) < 4.78 is 7.77. The molecule has 3 aromatic carbocycles. The van der Waals surface area contributed by atoms with Crippen molar-refractivity contribution in [2.75, 3.05) is 0 Å². The second-order valence-electron chi connectivity index (χ2n) is 6.86. The van der Waals surface area contributed by atoms with E-state index in [0.717, 1.165) is 36.5 Å². The van der Waals surface area contributed by atoms with E-state index in [4.69, 9.17) is 4.74 Å². The number of nitrogens with zero attached hydrogens (tertiary/aromatic N) is 1. The molecule has 0 aromatic heterocycles. The average Bonchev–Trinajstić information content (AvgIpc) is 3.03. The summed E-state index contributed by atoms with van der Waals surface area (Å²) in [5.41, 5.74) is 2.82. The van der Waals surface area contributed by atoms with E-state index in [0.29, 0.717) is 17.3 Å². The van der Waals surface area contributed by atoms with Gasteiger partial charge in [0.1, 0.15) is 12.4 Å². The molecule has 1 heterocycles. The van der Waals surface area contributed by atoms with E-state index >= 15 is 0 Å². The fraction of sp³-hybridized carbons (Fsp3) is 0.0833. The molecule has 0 saturated carbocycles. The topological polar surface area (TPSA) is 46.6 Å². The lowest BCUT2D eigenvalue weighted by atomic mass is 10.2. The molecule has 31 heavy (non-hydrogen) atoms. The number of rotatable bonds is 6. The summed E-state index contributed by atoms with van der Waals surface area (Å²) in [5.74, 6) is 0.446. The summed E-state index contributed by atoms with van der Waals surface area (Å²) in [6, 6.07) is 23.3. The van der Waals surface area contributed by atoms with E-state index in [-0.39, 0.29) is 17.7 Å². The van der Waals surface area contributed by atoms with Gasteiger partial charge in [0.25, 0.3) is 11.1 Å². The van der Waals surface area contributed by atoms with Crippen molar-refractivity contribution in [1.29, 1.82) is 0 Å². The van der Waals surface area contributed by atoms with E-state index in [9.17, 15) is 9.59 Å². The fourth-order valence-corrected chi connectivity index (χ4v) is 4.73. The van der Waals surface area contributed by atoms with Crippen molar-refractivity contribution in [1.82, 2.24) is 4.90 Å². The van der Waals surface area contributed by atoms with Crippen molar-refractivity contribution < 1.29 is 14.3 Å². The van der Waals surface area contributed by atoms with Crippen LogP contribution in [0.1, 0.15) is 16.7 Å². The molecule has 4 rings (SSSR count). The average molecular weight is 606 g/mol. The number of ether oxygens (including phenoxy) is 1. The third-order valence-corrected chi connectivity index (χ3v) is 6.86. The van der Waals surface area contributed by atoms with Gasteiger partial charge in [-0.05, 0) is 97.3 Å². The Morgan fingerprint density at radius 2 is 1.71 bits per heavy atom. The lowest BCUT2D eigenvalue weighted by Crippen LogP contribution is -2.27. The number of benzene rings is 3. The first-order chi connectivity index (χ1) is 15.0. The maximum Gasteiger partial charge on any atom is 0.293 e. The van der Waals surface area contributed by atoms with Crippen LogP contribution < -0.4 is 4.74 Å². The first-order valence-corrected chi connectivity index (χ1v) is 12.1. The lowest BCUT2D eigenvalue weighted by molar-refractivity contribution is -0.123. The van der Waals surface area contributed by atoms with Crippen LogP contribution in [0.3, 0.4) is 0 Å². The molecule has 156 valence electrons. The molecule has 0 bridgehead atoms. The molecule has 0 spiro atoms. The van der Waals surface area contributed by atoms with Crippen LogP contribution in [0.2, 0.25) is 0 Å². The van der Waals surface area contributed by atoms with Crippen molar-refractivity contribution in [3.05, 3.63) is 102 Å². The molecule has 2 amide bonds. The highest BCUT2D eigenvalue weighted by Gasteiger charge is 2.34. The summed E-state index contributed by atoms with van der Waals surface area (Å²) in [5, 5.41) is -0.253. The number of hydrogen-bond acceptors (Lipinski definition) is 4. The predicted molar refractivity (Wildman–Crippen MR) is 136 cm³/mol. The highest BCUT2D eigenvalue weighted by molar-refractivity contribution is 14.1. The minimum absolute atomic E-state index is 0.253. The zero-order valence-electron chi connectivity index (χ0n) is 16.3. The Hall–Kier alpha value is -2.10. The van der Waals surface area contributed by atoms with Gasteiger partial charge >= 0.3 is 0 Å². The highest BCUT2D eigenvalue weighted by atomic mass is 127. The van der Waals surface area contributed by atoms with Crippen LogP contribution >= 0.6 is 50.3 Å². The molecule has 0 radical (unpaired) electrons. The zero-order chi connectivity index (χ0) is 21.8. The van der Waals surface area contributed by atoms with Gasteiger partial charge in [0.15, 0.2) is 0 Å². The van der Waals surface area contributed by atoms with Gasteiger partial charge in [0.05, 0.1) is 15.9 Å².